The van der Waals surface area contributed by atoms with E-state index in [-0.39, 0.29) is 0 Å². The van der Waals surface area contributed by atoms with E-state index in [1.165, 1.54) is 55.4 Å². The third kappa shape index (κ3) is 3.82. The van der Waals surface area contributed by atoms with Gasteiger partial charge in [-0.25, -0.2) is 0 Å². The maximum Gasteiger partial charge on any atom is 0.0328 e. The summed E-state index contributed by atoms with van der Waals surface area (Å²) in [4.78, 5) is 1.43. The van der Waals surface area contributed by atoms with Crippen molar-refractivity contribution in [2.75, 3.05) is 7.05 Å². The van der Waals surface area contributed by atoms with Gasteiger partial charge in [-0.15, -0.1) is 11.3 Å². The van der Waals surface area contributed by atoms with Crippen molar-refractivity contribution in [3.05, 3.63) is 21.9 Å². The zero-order chi connectivity index (χ0) is 12.1. The molecule has 1 N–H and O–H groups in total. The normalized spacial score (nSPS) is 20.1. The van der Waals surface area contributed by atoms with Crippen LogP contribution in [0.1, 0.15) is 61.4 Å². The van der Waals surface area contributed by atoms with E-state index in [2.05, 4.69) is 30.7 Å². The van der Waals surface area contributed by atoms with Crippen LogP contribution in [0.3, 0.4) is 0 Å². The van der Waals surface area contributed by atoms with E-state index < -0.39 is 0 Å². The molecule has 1 saturated carbocycles. The van der Waals surface area contributed by atoms with Gasteiger partial charge in [0.05, 0.1) is 0 Å². The van der Waals surface area contributed by atoms with Crippen LogP contribution in [0.15, 0.2) is 11.4 Å². The molecule has 2 heteroatoms. The highest BCUT2D eigenvalue weighted by Crippen LogP contribution is 2.32. The Kier molecular flexibility index (Phi) is 5.05. The van der Waals surface area contributed by atoms with E-state index >= 15 is 0 Å². The zero-order valence-corrected chi connectivity index (χ0v) is 12.0. The number of hydrogen-bond donors (Lipinski definition) is 1. The Morgan fingerprint density at radius 1 is 1.29 bits per heavy atom. The Morgan fingerprint density at radius 3 is 2.53 bits per heavy atom. The lowest BCUT2D eigenvalue weighted by molar-refractivity contribution is 0.368. The average Bonchev–Trinajstić information content (AvgIpc) is 2.62. The van der Waals surface area contributed by atoms with Crippen molar-refractivity contribution in [1.82, 2.24) is 5.32 Å². The highest BCUT2D eigenvalue weighted by Gasteiger charge is 2.18. The Hall–Kier alpha value is -0.340. The van der Waals surface area contributed by atoms with Gasteiger partial charge in [0.25, 0.3) is 0 Å². The molecule has 0 spiro atoms. The fraction of sp³-hybridized carbons (Fsp3) is 0.733. The van der Waals surface area contributed by atoms with Crippen LogP contribution in [0.4, 0.5) is 0 Å². The topological polar surface area (TPSA) is 12.0 Å². The lowest BCUT2D eigenvalue weighted by Gasteiger charge is -2.21. The Labute approximate surface area is 110 Å². The molecule has 1 aliphatic rings. The molecule has 0 amide bonds. The Morgan fingerprint density at radius 2 is 2.00 bits per heavy atom. The number of hydrogen-bond acceptors (Lipinski definition) is 2. The van der Waals surface area contributed by atoms with Gasteiger partial charge >= 0.3 is 0 Å². The van der Waals surface area contributed by atoms with Gasteiger partial charge in [0.15, 0.2) is 0 Å². The van der Waals surface area contributed by atoms with Crippen LogP contribution in [-0.4, -0.2) is 7.05 Å². The summed E-state index contributed by atoms with van der Waals surface area (Å²) in [6, 6.07) is 2.92. The van der Waals surface area contributed by atoms with Crippen LogP contribution in [0.25, 0.3) is 0 Å². The molecule has 1 heterocycles. The first kappa shape index (κ1) is 13.1. The first-order valence-corrected chi connectivity index (χ1v) is 7.90. The Bertz CT molecular complexity index is 323. The van der Waals surface area contributed by atoms with Crippen molar-refractivity contribution in [2.45, 2.75) is 57.9 Å². The summed E-state index contributed by atoms with van der Waals surface area (Å²) in [5.41, 5.74) is 1.50. The molecule has 0 aromatic carbocycles. The molecule has 1 atom stereocenters. The molecule has 1 nitrogen and oxygen atoms in total. The lowest BCUT2D eigenvalue weighted by Crippen LogP contribution is -2.19. The van der Waals surface area contributed by atoms with E-state index in [0.717, 1.165) is 5.92 Å². The van der Waals surface area contributed by atoms with Gasteiger partial charge in [0.1, 0.15) is 0 Å². The van der Waals surface area contributed by atoms with Crippen LogP contribution in [-0.2, 0) is 0 Å². The zero-order valence-electron chi connectivity index (χ0n) is 11.2. The standard InChI is InChI=1S/C15H25NS/c1-12-9-14(11-17-12)15(16-2)10-13-7-5-3-4-6-8-13/h9,11,13,15-16H,3-8,10H2,1-2H3. The predicted octanol–water partition coefficient (Wildman–Crippen LogP) is 4.68. The molecule has 1 aromatic rings. The molecule has 0 bridgehead atoms. The second-order valence-corrected chi connectivity index (χ2v) is 6.54. The summed E-state index contributed by atoms with van der Waals surface area (Å²) in [6.45, 7) is 2.20. The molecule has 1 unspecified atom stereocenters. The first-order chi connectivity index (χ1) is 8.29. The molecule has 0 radical (unpaired) electrons. The lowest BCUT2D eigenvalue weighted by atomic mass is 9.90. The summed E-state index contributed by atoms with van der Waals surface area (Å²) >= 11 is 1.87. The second-order valence-electron chi connectivity index (χ2n) is 5.43. The maximum absolute atomic E-state index is 3.51. The second kappa shape index (κ2) is 6.55. The molecular weight excluding hydrogens is 226 g/mol. The molecule has 0 saturated heterocycles. The molecule has 1 aliphatic carbocycles. The third-order valence-corrected chi connectivity index (χ3v) is 4.93. The molecule has 17 heavy (non-hydrogen) atoms. The number of nitrogens with one attached hydrogen (secondary N) is 1. The fourth-order valence-electron chi connectivity index (χ4n) is 3.00. The van der Waals surface area contributed by atoms with Gasteiger partial charge in [-0.3, -0.25) is 0 Å². The summed E-state index contributed by atoms with van der Waals surface area (Å²) in [6.07, 6.45) is 10.0. The van der Waals surface area contributed by atoms with Gasteiger partial charge in [-0.2, -0.15) is 0 Å². The molecule has 96 valence electrons. The summed E-state index contributed by atoms with van der Waals surface area (Å²) in [5, 5.41) is 5.83. The number of aryl methyl sites for hydroxylation is 1. The van der Waals surface area contributed by atoms with Gasteiger partial charge in [0, 0.05) is 10.9 Å². The van der Waals surface area contributed by atoms with Gasteiger partial charge in [0.2, 0.25) is 0 Å². The minimum absolute atomic E-state index is 0.572. The summed E-state index contributed by atoms with van der Waals surface area (Å²) in [7, 11) is 2.11. The van der Waals surface area contributed by atoms with E-state index in [4.69, 9.17) is 0 Å². The van der Waals surface area contributed by atoms with Crippen molar-refractivity contribution in [1.29, 1.82) is 0 Å². The smallest absolute Gasteiger partial charge is 0.0328 e. The minimum Gasteiger partial charge on any atom is -0.313 e. The largest absolute Gasteiger partial charge is 0.313 e. The molecule has 2 rings (SSSR count). The van der Waals surface area contributed by atoms with Crippen molar-refractivity contribution >= 4 is 11.3 Å². The average molecular weight is 251 g/mol. The van der Waals surface area contributed by atoms with Gasteiger partial charge < -0.3 is 5.32 Å². The van der Waals surface area contributed by atoms with Crippen LogP contribution < -0.4 is 5.32 Å². The van der Waals surface area contributed by atoms with Gasteiger partial charge in [-0.05, 0) is 43.3 Å². The molecule has 1 aromatic heterocycles. The molecular formula is C15H25NS. The first-order valence-electron chi connectivity index (χ1n) is 7.02. The van der Waals surface area contributed by atoms with E-state index in [1.54, 1.807) is 0 Å². The van der Waals surface area contributed by atoms with E-state index in [1.807, 2.05) is 11.3 Å². The van der Waals surface area contributed by atoms with Crippen LogP contribution in [0.5, 0.6) is 0 Å². The maximum atomic E-state index is 3.51. The highest BCUT2D eigenvalue weighted by molar-refractivity contribution is 7.10. The predicted molar refractivity (Wildman–Crippen MR) is 76.7 cm³/mol. The monoisotopic (exact) mass is 251 g/mol. The highest BCUT2D eigenvalue weighted by atomic mass is 32.1. The number of rotatable bonds is 4. The van der Waals surface area contributed by atoms with Crippen LogP contribution >= 0.6 is 11.3 Å². The third-order valence-electron chi connectivity index (χ3n) is 4.05. The Balaban J connectivity index is 1.94. The SMILES string of the molecule is CNC(CC1CCCCCC1)c1csc(C)c1. The minimum atomic E-state index is 0.572. The van der Waals surface area contributed by atoms with E-state index in [0.29, 0.717) is 6.04 Å². The van der Waals surface area contributed by atoms with Crippen LogP contribution in [0.2, 0.25) is 0 Å². The van der Waals surface area contributed by atoms with Crippen molar-refractivity contribution in [3.63, 3.8) is 0 Å². The van der Waals surface area contributed by atoms with Crippen molar-refractivity contribution in [3.8, 4) is 0 Å². The van der Waals surface area contributed by atoms with Crippen LogP contribution in [0, 0.1) is 12.8 Å². The molecule has 0 aliphatic heterocycles. The fourth-order valence-corrected chi connectivity index (χ4v) is 3.76. The van der Waals surface area contributed by atoms with Crippen molar-refractivity contribution < 1.29 is 0 Å². The van der Waals surface area contributed by atoms with E-state index in [9.17, 15) is 0 Å². The molecule has 1 fully saturated rings. The number of thiophene rings is 1. The summed E-state index contributed by atoms with van der Waals surface area (Å²) in [5.74, 6) is 0.940. The summed E-state index contributed by atoms with van der Waals surface area (Å²) < 4.78 is 0. The van der Waals surface area contributed by atoms with Gasteiger partial charge in [-0.1, -0.05) is 38.5 Å². The van der Waals surface area contributed by atoms with Crippen molar-refractivity contribution in [2.24, 2.45) is 5.92 Å². The quantitative estimate of drug-likeness (QED) is 0.766.